The maximum Gasteiger partial charge on any atom is 0.257 e. The molecule has 0 aliphatic carbocycles. The minimum Gasteiger partial charge on any atom is -0.338 e. The predicted molar refractivity (Wildman–Crippen MR) is 56.3 cm³/mol. The first kappa shape index (κ1) is 10.2. The SMILES string of the molecule is NCCC1CCN(C(=O)c2cn[nH]c2)C1. The van der Waals surface area contributed by atoms with E-state index in [2.05, 4.69) is 10.2 Å². The number of nitrogens with two attached hydrogens (primary N) is 1. The van der Waals surface area contributed by atoms with E-state index in [1.54, 1.807) is 12.4 Å². The number of carbonyl (C=O) groups excluding carboxylic acids is 1. The summed E-state index contributed by atoms with van der Waals surface area (Å²) in [5, 5.41) is 6.43. The third-order valence-corrected chi connectivity index (χ3v) is 2.89. The van der Waals surface area contributed by atoms with Gasteiger partial charge >= 0.3 is 0 Å². The minimum absolute atomic E-state index is 0.0725. The Morgan fingerprint density at radius 3 is 3.27 bits per heavy atom. The summed E-state index contributed by atoms with van der Waals surface area (Å²) in [7, 11) is 0. The molecule has 0 saturated carbocycles. The van der Waals surface area contributed by atoms with Gasteiger partial charge in [0.05, 0.1) is 11.8 Å². The van der Waals surface area contributed by atoms with Crippen LogP contribution in [0.15, 0.2) is 12.4 Å². The molecule has 1 atom stereocenters. The Morgan fingerprint density at radius 2 is 2.60 bits per heavy atom. The Bertz CT molecular complexity index is 322. The summed E-state index contributed by atoms with van der Waals surface area (Å²) in [6.45, 7) is 2.38. The van der Waals surface area contributed by atoms with Gasteiger partial charge in [-0.25, -0.2) is 0 Å². The van der Waals surface area contributed by atoms with Gasteiger partial charge in [-0.2, -0.15) is 5.10 Å². The first-order valence-corrected chi connectivity index (χ1v) is 5.29. The number of rotatable bonds is 3. The zero-order chi connectivity index (χ0) is 10.7. The van der Waals surface area contributed by atoms with Gasteiger partial charge in [0.1, 0.15) is 0 Å². The van der Waals surface area contributed by atoms with E-state index in [9.17, 15) is 4.79 Å². The molecule has 1 fully saturated rings. The molecule has 1 aliphatic rings. The van der Waals surface area contributed by atoms with Crippen molar-refractivity contribution in [2.24, 2.45) is 11.7 Å². The maximum absolute atomic E-state index is 11.9. The second kappa shape index (κ2) is 4.44. The highest BCUT2D eigenvalue weighted by Gasteiger charge is 2.26. The fourth-order valence-electron chi connectivity index (χ4n) is 2.04. The number of aromatic amines is 1. The van der Waals surface area contributed by atoms with Crippen molar-refractivity contribution >= 4 is 5.91 Å². The molecule has 0 bridgehead atoms. The molecule has 0 aromatic carbocycles. The number of H-pyrrole nitrogens is 1. The van der Waals surface area contributed by atoms with E-state index in [0.717, 1.165) is 25.9 Å². The van der Waals surface area contributed by atoms with Crippen molar-refractivity contribution in [3.8, 4) is 0 Å². The van der Waals surface area contributed by atoms with E-state index in [4.69, 9.17) is 5.73 Å². The Labute approximate surface area is 88.6 Å². The highest BCUT2D eigenvalue weighted by Crippen LogP contribution is 2.20. The molecule has 1 aromatic heterocycles. The van der Waals surface area contributed by atoms with Gasteiger partial charge in [0.25, 0.3) is 5.91 Å². The smallest absolute Gasteiger partial charge is 0.257 e. The van der Waals surface area contributed by atoms with Gasteiger partial charge in [-0.15, -0.1) is 0 Å². The molecule has 82 valence electrons. The van der Waals surface area contributed by atoms with Crippen LogP contribution in [-0.4, -0.2) is 40.6 Å². The van der Waals surface area contributed by atoms with E-state index in [-0.39, 0.29) is 5.91 Å². The van der Waals surface area contributed by atoms with Gasteiger partial charge in [-0.05, 0) is 25.3 Å². The van der Waals surface area contributed by atoms with Crippen LogP contribution >= 0.6 is 0 Å². The molecule has 0 radical (unpaired) electrons. The van der Waals surface area contributed by atoms with Crippen LogP contribution in [0.3, 0.4) is 0 Å². The summed E-state index contributed by atoms with van der Waals surface area (Å²) in [4.78, 5) is 13.8. The van der Waals surface area contributed by atoms with Gasteiger partial charge in [-0.1, -0.05) is 0 Å². The van der Waals surface area contributed by atoms with E-state index >= 15 is 0 Å². The summed E-state index contributed by atoms with van der Waals surface area (Å²) in [5.41, 5.74) is 6.15. The molecule has 2 rings (SSSR count). The zero-order valence-electron chi connectivity index (χ0n) is 8.65. The monoisotopic (exact) mass is 208 g/mol. The largest absolute Gasteiger partial charge is 0.338 e. The lowest BCUT2D eigenvalue weighted by Crippen LogP contribution is -2.28. The number of likely N-dealkylation sites (tertiary alicyclic amines) is 1. The third kappa shape index (κ3) is 2.18. The molecule has 1 saturated heterocycles. The normalized spacial score (nSPS) is 20.9. The molecule has 0 spiro atoms. The van der Waals surface area contributed by atoms with Crippen LogP contribution in [0.2, 0.25) is 0 Å². The molecule has 15 heavy (non-hydrogen) atoms. The lowest BCUT2D eigenvalue weighted by Gasteiger charge is -2.15. The number of aromatic nitrogens is 2. The fourth-order valence-corrected chi connectivity index (χ4v) is 2.04. The maximum atomic E-state index is 11.9. The number of nitrogens with zero attached hydrogens (tertiary/aromatic N) is 2. The van der Waals surface area contributed by atoms with E-state index in [1.807, 2.05) is 4.90 Å². The van der Waals surface area contributed by atoms with Gasteiger partial charge in [0.15, 0.2) is 0 Å². The Kier molecular flexibility index (Phi) is 3.01. The number of hydrogen-bond acceptors (Lipinski definition) is 3. The van der Waals surface area contributed by atoms with Crippen molar-refractivity contribution in [3.05, 3.63) is 18.0 Å². The average Bonchev–Trinajstić information content (AvgIpc) is 2.87. The van der Waals surface area contributed by atoms with Gasteiger partial charge in [0.2, 0.25) is 0 Å². The predicted octanol–water partition coefficient (Wildman–Crippen LogP) is 0.221. The number of hydrogen-bond donors (Lipinski definition) is 2. The van der Waals surface area contributed by atoms with Crippen LogP contribution in [0.25, 0.3) is 0 Å². The molecule has 1 amide bonds. The molecular weight excluding hydrogens is 192 g/mol. The number of carbonyl (C=O) groups is 1. The summed E-state index contributed by atoms with van der Waals surface area (Å²) in [6, 6.07) is 0. The van der Waals surface area contributed by atoms with Crippen LogP contribution in [0.4, 0.5) is 0 Å². The molecule has 1 aliphatic heterocycles. The van der Waals surface area contributed by atoms with E-state index in [1.165, 1.54) is 0 Å². The standard InChI is InChI=1S/C10H16N4O/c11-3-1-8-2-4-14(7-8)10(15)9-5-12-13-6-9/h5-6,8H,1-4,7,11H2,(H,12,13). The van der Waals surface area contributed by atoms with E-state index in [0.29, 0.717) is 18.0 Å². The molecule has 3 N–H and O–H groups in total. The van der Waals surface area contributed by atoms with Crippen LogP contribution in [0.1, 0.15) is 23.2 Å². The number of amides is 1. The van der Waals surface area contributed by atoms with Crippen LogP contribution in [-0.2, 0) is 0 Å². The van der Waals surface area contributed by atoms with Crippen molar-refractivity contribution in [1.29, 1.82) is 0 Å². The van der Waals surface area contributed by atoms with Crippen molar-refractivity contribution < 1.29 is 4.79 Å². The lowest BCUT2D eigenvalue weighted by molar-refractivity contribution is 0.0787. The fraction of sp³-hybridized carbons (Fsp3) is 0.600. The summed E-state index contributed by atoms with van der Waals surface area (Å²) < 4.78 is 0. The Morgan fingerprint density at radius 1 is 1.73 bits per heavy atom. The Hall–Kier alpha value is -1.36. The molecule has 5 heteroatoms. The second-order valence-corrected chi connectivity index (χ2v) is 3.97. The van der Waals surface area contributed by atoms with Crippen molar-refractivity contribution in [1.82, 2.24) is 15.1 Å². The highest BCUT2D eigenvalue weighted by atomic mass is 16.2. The summed E-state index contributed by atoms with van der Waals surface area (Å²) in [6.07, 6.45) is 5.28. The lowest BCUT2D eigenvalue weighted by atomic mass is 10.1. The summed E-state index contributed by atoms with van der Waals surface area (Å²) in [5.74, 6) is 0.647. The van der Waals surface area contributed by atoms with Crippen LogP contribution < -0.4 is 5.73 Å². The summed E-state index contributed by atoms with van der Waals surface area (Å²) >= 11 is 0. The average molecular weight is 208 g/mol. The first-order chi connectivity index (χ1) is 7.31. The molecule has 1 aromatic rings. The van der Waals surface area contributed by atoms with Crippen LogP contribution in [0.5, 0.6) is 0 Å². The second-order valence-electron chi connectivity index (χ2n) is 3.97. The minimum atomic E-state index is 0.0725. The van der Waals surface area contributed by atoms with Crippen molar-refractivity contribution in [2.75, 3.05) is 19.6 Å². The van der Waals surface area contributed by atoms with E-state index < -0.39 is 0 Å². The zero-order valence-corrected chi connectivity index (χ0v) is 8.65. The molecular formula is C10H16N4O. The van der Waals surface area contributed by atoms with Gasteiger partial charge in [-0.3, -0.25) is 9.89 Å². The van der Waals surface area contributed by atoms with Crippen molar-refractivity contribution in [2.45, 2.75) is 12.8 Å². The first-order valence-electron chi connectivity index (χ1n) is 5.29. The topological polar surface area (TPSA) is 75.0 Å². The number of nitrogens with one attached hydrogen (secondary N) is 1. The highest BCUT2D eigenvalue weighted by molar-refractivity contribution is 5.93. The van der Waals surface area contributed by atoms with Crippen LogP contribution in [0, 0.1) is 5.92 Å². The Balaban J connectivity index is 1.93. The van der Waals surface area contributed by atoms with Gasteiger partial charge < -0.3 is 10.6 Å². The van der Waals surface area contributed by atoms with Gasteiger partial charge in [0, 0.05) is 19.3 Å². The molecule has 5 nitrogen and oxygen atoms in total. The quantitative estimate of drug-likeness (QED) is 0.746. The molecule has 1 unspecified atom stereocenters. The third-order valence-electron chi connectivity index (χ3n) is 2.89. The van der Waals surface area contributed by atoms with Crippen molar-refractivity contribution in [3.63, 3.8) is 0 Å². The molecule has 2 heterocycles.